The van der Waals surface area contributed by atoms with Gasteiger partial charge in [-0.3, -0.25) is 37.3 Å². The second kappa shape index (κ2) is 63.8. The molecule has 0 aliphatic rings. The van der Waals surface area contributed by atoms with Crippen molar-refractivity contribution in [2.45, 2.75) is 388 Å². The van der Waals surface area contributed by atoms with Gasteiger partial charge < -0.3 is 33.8 Å². The number of hydrogen-bond donors (Lipinski definition) is 3. The van der Waals surface area contributed by atoms with Crippen molar-refractivity contribution in [2.75, 3.05) is 39.6 Å². The molecule has 0 radical (unpaired) electrons. The first-order valence-corrected chi connectivity index (χ1v) is 40.8. The van der Waals surface area contributed by atoms with Crippen molar-refractivity contribution in [1.82, 2.24) is 0 Å². The number of carbonyl (C=O) groups is 4. The summed E-state index contributed by atoms with van der Waals surface area (Å²) in [6.45, 7) is 11.8. The summed E-state index contributed by atoms with van der Waals surface area (Å²) in [6, 6.07) is 0. The number of hydrogen-bond acceptors (Lipinski definition) is 15. The Morgan fingerprint density at radius 2 is 0.500 bits per heavy atom. The first-order valence-electron chi connectivity index (χ1n) is 37.8. The lowest BCUT2D eigenvalue weighted by molar-refractivity contribution is -0.161. The second-order valence-electron chi connectivity index (χ2n) is 27.8. The molecule has 3 N–H and O–H groups in total. The van der Waals surface area contributed by atoms with Gasteiger partial charge in [-0.15, -0.1) is 0 Å². The van der Waals surface area contributed by atoms with E-state index in [4.69, 9.17) is 37.0 Å². The van der Waals surface area contributed by atoms with Crippen LogP contribution in [0.1, 0.15) is 370 Å². The minimum absolute atomic E-state index is 0.103. The van der Waals surface area contributed by atoms with Crippen molar-refractivity contribution in [3.63, 3.8) is 0 Å². The SMILES string of the molecule is CCCCCCCCCC(=O)OC[C@H](COP(=O)(O)OC[C@H](O)COP(=O)(O)OC[C@@H](COC(=O)CCCCCCCCCCCCCCCC(C)C)OC(=O)CCCCCCCCCCCCCCCCCCC(C)C)OC(=O)CCCCCCCCCC(C)C. The zero-order valence-electron chi connectivity index (χ0n) is 60.0. The van der Waals surface area contributed by atoms with E-state index in [0.717, 1.165) is 115 Å². The summed E-state index contributed by atoms with van der Waals surface area (Å²) in [5.74, 6) is 0.168. The highest BCUT2D eigenvalue weighted by atomic mass is 31.2. The third-order valence-electron chi connectivity index (χ3n) is 16.9. The largest absolute Gasteiger partial charge is 0.472 e. The van der Waals surface area contributed by atoms with E-state index in [1.54, 1.807) is 0 Å². The van der Waals surface area contributed by atoms with Crippen LogP contribution in [0.4, 0.5) is 0 Å². The van der Waals surface area contributed by atoms with Crippen molar-refractivity contribution in [2.24, 2.45) is 17.8 Å². The number of aliphatic hydroxyl groups is 1. The van der Waals surface area contributed by atoms with E-state index in [1.807, 2.05) is 0 Å². The van der Waals surface area contributed by atoms with Crippen LogP contribution in [0.2, 0.25) is 0 Å². The van der Waals surface area contributed by atoms with Crippen molar-refractivity contribution >= 4 is 39.5 Å². The first kappa shape index (κ1) is 90.1. The number of rotatable bonds is 71. The van der Waals surface area contributed by atoms with E-state index in [2.05, 4.69) is 48.5 Å². The Morgan fingerprint density at radius 1 is 0.293 bits per heavy atom. The molecule has 0 heterocycles. The zero-order valence-corrected chi connectivity index (χ0v) is 61.8. The maximum Gasteiger partial charge on any atom is 0.472 e. The van der Waals surface area contributed by atoms with Crippen LogP contribution < -0.4 is 0 Å². The van der Waals surface area contributed by atoms with Gasteiger partial charge in [-0.25, -0.2) is 9.13 Å². The standard InChI is InChI=1S/C73H142O17P2/c1-8-9-10-11-30-40-47-54-70(75)83-60-68(90-73(78)57-50-43-36-29-33-39-46-53-66(6)7)62-87-91(79,80)85-58-67(74)59-86-92(81,82)88-63-69(61-84-71(76)55-48-41-34-27-23-20-16-18-22-26-32-38-45-52-65(4)5)89-72(77)56-49-42-35-28-24-19-15-13-12-14-17-21-25-31-37-44-51-64(2)3/h64-69,74H,8-63H2,1-7H3,(H,79,80)(H,81,82)/t67-,68+,69+/m0/s1. The summed E-state index contributed by atoms with van der Waals surface area (Å²) in [7, 11) is -9.90. The maximum absolute atomic E-state index is 13.1. The van der Waals surface area contributed by atoms with Crippen LogP contribution in [0.3, 0.4) is 0 Å². The summed E-state index contributed by atoms with van der Waals surface area (Å²) in [6.07, 6.45) is 48.9. The summed E-state index contributed by atoms with van der Waals surface area (Å²) in [5.41, 5.74) is 0. The van der Waals surface area contributed by atoms with Gasteiger partial charge in [0.25, 0.3) is 0 Å². The molecule has 0 aliphatic heterocycles. The molecular formula is C73H142O17P2. The molecule has 0 aromatic heterocycles. The Labute approximate surface area is 562 Å². The van der Waals surface area contributed by atoms with E-state index in [9.17, 15) is 43.2 Å². The number of phosphoric ester groups is 2. The van der Waals surface area contributed by atoms with Gasteiger partial charge in [0.2, 0.25) is 0 Å². The summed E-state index contributed by atoms with van der Waals surface area (Å²) in [5, 5.41) is 10.6. The molecule has 0 rings (SSSR count). The molecule has 92 heavy (non-hydrogen) atoms. The minimum atomic E-state index is -4.95. The minimum Gasteiger partial charge on any atom is -0.462 e. The third kappa shape index (κ3) is 66.7. The highest BCUT2D eigenvalue weighted by Crippen LogP contribution is 2.45. The van der Waals surface area contributed by atoms with Crippen LogP contribution in [0.5, 0.6) is 0 Å². The highest BCUT2D eigenvalue weighted by molar-refractivity contribution is 7.47. The van der Waals surface area contributed by atoms with Crippen molar-refractivity contribution < 1.29 is 80.2 Å². The second-order valence-corrected chi connectivity index (χ2v) is 30.7. The topological polar surface area (TPSA) is 237 Å². The molecule has 0 aliphatic carbocycles. The monoisotopic (exact) mass is 1350 g/mol. The predicted molar refractivity (Wildman–Crippen MR) is 372 cm³/mol. The van der Waals surface area contributed by atoms with Crippen molar-refractivity contribution in [3.05, 3.63) is 0 Å². The fourth-order valence-corrected chi connectivity index (χ4v) is 12.7. The fraction of sp³-hybridized carbons (Fsp3) is 0.945. The van der Waals surface area contributed by atoms with Gasteiger partial charge in [0, 0.05) is 25.7 Å². The summed E-state index contributed by atoms with van der Waals surface area (Å²) >= 11 is 0. The number of phosphoric acid groups is 2. The van der Waals surface area contributed by atoms with E-state index < -0.39 is 97.5 Å². The van der Waals surface area contributed by atoms with Gasteiger partial charge in [-0.2, -0.15) is 0 Å². The van der Waals surface area contributed by atoms with Crippen LogP contribution in [-0.2, 0) is 65.4 Å². The smallest absolute Gasteiger partial charge is 0.462 e. The van der Waals surface area contributed by atoms with Crippen LogP contribution in [0.15, 0.2) is 0 Å². The number of aliphatic hydroxyl groups excluding tert-OH is 1. The van der Waals surface area contributed by atoms with Gasteiger partial charge in [-0.1, -0.05) is 318 Å². The van der Waals surface area contributed by atoms with Gasteiger partial charge in [0.1, 0.15) is 19.3 Å². The summed E-state index contributed by atoms with van der Waals surface area (Å²) < 4.78 is 68.3. The molecule has 5 atom stereocenters. The zero-order chi connectivity index (χ0) is 68.0. The lowest BCUT2D eigenvalue weighted by Gasteiger charge is -2.21. The third-order valence-corrected chi connectivity index (χ3v) is 18.8. The van der Waals surface area contributed by atoms with E-state index in [1.165, 1.54) is 167 Å². The van der Waals surface area contributed by atoms with Gasteiger partial charge in [0.05, 0.1) is 26.4 Å². The summed E-state index contributed by atoms with van der Waals surface area (Å²) in [4.78, 5) is 72.5. The molecule has 0 amide bonds. The Kier molecular flexibility index (Phi) is 62.4. The van der Waals surface area contributed by atoms with E-state index in [0.29, 0.717) is 31.6 Å². The van der Waals surface area contributed by atoms with E-state index in [-0.39, 0.29) is 25.7 Å². The van der Waals surface area contributed by atoms with Crippen LogP contribution >= 0.6 is 15.6 Å². The molecule has 0 bridgehead atoms. The Morgan fingerprint density at radius 3 is 0.739 bits per heavy atom. The first-order chi connectivity index (χ1) is 44.2. The molecule has 0 fully saturated rings. The fourth-order valence-electron chi connectivity index (χ4n) is 11.1. The number of esters is 4. The number of unbranched alkanes of at least 4 members (excludes halogenated alkanes) is 39. The molecule has 0 saturated heterocycles. The predicted octanol–water partition coefficient (Wildman–Crippen LogP) is 21.0. The lowest BCUT2D eigenvalue weighted by atomic mass is 10.0. The Bertz CT molecular complexity index is 1800. The maximum atomic E-state index is 13.1. The number of carbonyl (C=O) groups excluding carboxylic acids is 4. The molecule has 0 aromatic carbocycles. The van der Waals surface area contributed by atoms with Crippen LogP contribution in [0.25, 0.3) is 0 Å². The van der Waals surface area contributed by atoms with Crippen molar-refractivity contribution in [1.29, 1.82) is 0 Å². The number of ether oxygens (including phenoxy) is 4. The quantitative estimate of drug-likeness (QED) is 0.0222. The van der Waals surface area contributed by atoms with Gasteiger partial charge in [0.15, 0.2) is 12.2 Å². The molecule has 17 nitrogen and oxygen atoms in total. The average molecular weight is 1350 g/mol. The normalized spacial score (nSPS) is 14.1. The molecule has 0 saturated carbocycles. The molecular weight excluding hydrogens is 1210 g/mol. The average Bonchev–Trinajstić information content (AvgIpc) is 1.64. The van der Waals surface area contributed by atoms with E-state index >= 15 is 0 Å². The molecule has 0 aromatic rings. The molecule has 19 heteroatoms. The van der Waals surface area contributed by atoms with Gasteiger partial charge in [-0.05, 0) is 43.4 Å². The van der Waals surface area contributed by atoms with Crippen molar-refractivity contribution in [3.8, 4) is 0 Å². The van der Waals surface area contributed by atoms with Crippen LogP contribution in [0, 0.1) is 17.8 Å². The van der Waals surface area contributed by atoms with Crippen LogP contribution in [-0.4, -0.2) is 96.7 Å². The highest BCUT2D eigenvalue weighted by Gasteiger charge is 2.30. The van der Waals surface area contributed by atoms with Gasteiger partial charge >= 0.3 is 39.5 Å². The Balaban J connectivity index is 5.18. The molecule has 0 spiro atoms. The lowest BCUT2D eigenvalue weighted by Crippen LogP contribution is -2.30. The molecule has 546 valence electrons. The Hall–Kier alpha value is -1.94. The molecule has 2 unspecified atom stereocenters.